The van der Waals surface area contributed by atoms with Crippen LogP contribution in [0.5, 0.6) is 0 Å². The van der Waals surface area contributed by atoms with Gasteiger partial charge in [-0.3, -0.25) is 11.3 Å². The van der Waals surface area contributed by atoms with E-state index in [1.54, 1.807) is 11.8 Å². The minimum absolute atomic E-state index is 0.179. The van der Waals surface area contributed by atoms with Crippen LogP contribution in [-0.2, 0) is 0 Å². The topological polar surface area (TPSA) is 38.0 Å². The summed E-state index contributed by atoms with van der Waals surface area (Å²) in [4.78, 5) is 1.11. The van der Waals surface area contributed by atoms with E-state index in [2.05, 4.69) is 12.3 Å². The maximum absolute atomic E-state index is 12.9. The molecule has 4 heteroatoms. The molecule has 112 valence electrons. The third kappa shape index (κ3) is 4.21. The first-order valence-corrected chi connectivity index (χ1v) is 8.57. The molecule has 1 aliphatic carbocycles. The van der Waals surface area contributed by atoms with Crippen molar-refractivity contribution < 1.29 is 4.39 Å². The van der Waals surface area contributed by atoms with E-state index in [1.807, 2.05) is 12.1 Å². The summed E-state index contributed by atoms with van der Waals surface area (Å²) in [5, 5.41) is 0. The molecular weight excluding hydrogens is 271 g/mol. The van der Waals surface area contributed by atoms with Crippen LogP contribution in [0.1, 0.15) is 39.0 Å². The van der Waals surface area contributed by atoms with E-state index in [0.717, 1.165) is 16.6 Å². The molecule has 1 aliphatic rings. The molecule has 20 heavy (non-hydrogen) atoms. The second-order valence-corrected chi connectivity index (χ2v) is 6.75. The second kappa shape index (κ2) is 8.01. The van der Waals surface area contributed by atoms with E-state index in [-0.39, 0.29) is 5.82 Å². The first-order chi connectivity index (χ1) is 9.74. The minimum Gasteiger partial charge on any atom is -0.271 e. The maximum atomic E-state index is 12.9. The van der Waals surface area contributed by atoms with Crippen molar-refractivity contribution in [2.75, 3.05) is 5.75 Å². The Hall–Kier alpha value is -0.580. The average molecular weight is 296 g/mol. The molecule has 3 N–H and O–H groups in total. The molecule has 0 aliphatic heterocycles. The number of hydrogen-bond donors (Lipinski definition) is 2. The summed E-state index contributed by atoms with van der Waals surface area (Å²) in [5.74, 6) is 8.02. The Morgan fingerprint density at radius 1 is 1.30 bits per heavy atom. The Kier molecular flexibility index (Phi) is 6.33. The van der Waals surface area contributed by atoms with Crippen molar-refractivity contribution in [2.45, 2.75) is 50.0 Å². The Morgan fingerprint density at radius 2 is 2.00 bits per heavy atom. The van der Waals surface area contributed by atoms with Crippen molar-refractivity contribution in [3.63, 3.8) is 0 Å². The van der Waals surface area contributed by atoms with Crippen LogP contribution in [0.4, 0.5) is 4.39 Å². The van der Waals surface area contributed by atoms with E-state index >= 15 is 0 Å². The summed E-state index contributed by atoms with van der Waals surface area (Å²) in [6.07, 6.45) is 6.53. The molecule has 0 heterocycles. The van der Waals surface area contributed by atoms with Gasteiger partial charge in [0.2, 0.25) is 0 Å². The number of nitrogens with one attached hydrogen (secondary N) is 1. The van der Waals surface area contributed by atoms with Gasteiger partial charge in [0, 0.05) is 16.7 Å². The molecule has 0 radical (unpaired) electrons. The van der Waals surface area contributed by atoms with Crippen LogP contribution in [0.15, 0.2) is 29.2 Å². The van der Waals surface area contributed by atoms with Gasteiger partial charge in [-0.1, -0.05) is 32.6 Å². The predicted octanol–water partition coefficient (Wildman–Crippen LogP) is 3.97. The largest absolute Gasteiger partial charge is 0.271 e. The fourth-order valence-electron chi connectivity index (χ4n) is 3.29. The van der Waals surface area contributed by atoms with Crippen LogP contribution < -0.4 is 11.3 Å². The van der Waals surface area contributed by atoms with Gasteiger partial charge in [-0.05, 0) is 42.5 Å². The van der Waals surface area contributed by atoms with Gasteiger partial charge in [0.05, 0.1) is 0 Å². The molecule has 1 saturated carbocycles. The predicted molar refractivity (Wildman–Crippen MR) is 84.0 cm³/mol. The van der Waals surface area contributed by atoms with Gasteiger partial charge in [-0.25, -0.2) is 4.39 Å². The smallest absolute Gasteiger partial charge is 0.123 e. The molecule has 0 saturated heterocycles. The monoisotopic (exact) mass is 296 g/mol. The number of nitrogens with two attached hydrogens (primary N) is 1. The van der Waals surface area contributed by atoms with Crippen molar-refractivity contribution in [1.29, 1.82) is 0 Å². The van der Waals surface area contributed by atoms with Crippen LogP contribution in [0, 0.1) is 17.7 Å². The molecule has 3 unspecified atom stereocenters. The number of hydrogen-bond acceptors (Lipinski definition) is 3. The molecule has 0 amide bonds. The lowest BCUT2D eigenvalue weighted by atomic mass is 9.74. The van der Waals surface area contributed by atoms with E-state index in [0.29, 0.717) is 12.0 Å². The number of hydrazine groups is 1. The third-order valence-electron chi connectivity index (χ3n) is 4.47. The highest BCUT2D eigenvalue weighted by molar-refractivity contribution is 7.99. The lowest BCUT2D eigenvalue weighted by Crippen LogP contribution is -2.46. The number of halogens is 1. The Bertz CT molecular complexity index is 396. The van der Waals surface area contributed by atoms with Gasteiger partial charge in [0.15, 0.2) is 0 Å². The molecule has 0 bridgehead atoms. The van der Waals surface area contributed by atoms with Crippen molar-refractivity contribution >= 4 is 11.8 Å². The Morgan fingerprint density at radius 3 is 2.65 bits per heavy atom. The summed E-state index contributed by atoms with van der Waals surface area (Å²) < 4.78 is 12.9. The van der Waals surface area contributed by atoms with Crippen molar-refractivity contribution in [1.82, 2.24) is 5.43 Å². The quantitative estimate of drug-likeness (QED) is 0.474. The standard InChI is InChI=1S/C16H25FN2S/c1-2-12-5-3-4-6-15(12)16(19-18)11-20-14-9-7-13(17)8-10-14/h7-10,12,15-16,19H,2-6,11,18H2,1H3. The average Bonchev–Trinajstić information content (AvgIpc) is 2.50. The summed E-state index contributed by atoms with van der Waals surface area (Å²) >= 11 is 1.76. The second-order valence-electron chi connectivity index (χ2n) is 5.65. The van der Waals surface area contributed by atoms with Gasteiger partial charge in [0.25, 0.3) is 0 Å². The van der Waals surface area contributed by atoms with Gasteiger partial charge < -0.3 is 0 Å². The molecule has 1 aromatic carbocycles. The van der Waals surface area contributed by atoms with Crippen LogP contribution in [0.2, 0.25) is 0 Å². The fraction of sp³-hybridized carbons (Fsp3) is 0.625. The van der Waals surface area contributed by atoms with Gasteiger partial charge >= 0.3 is 0 Å². The molecule has 2 nitrogen and oxygen atoms in total. The molecule has 0 aromatic heterocycles. The Labute approximate surface area is 125 Å². The van der Waals surface area contributed by atoms with Gasteiger partial charge in [0.1, 0.15) is 5.82 Å². The summed E-state index contributed by atoms with van der Waals surface area (Å²) in [6.45, 7) is 2.28. The number of benzene rings is 1. The highest BCUT2D eigenvalue weighted by Gasteiger charge is 2.30. The Balaban J connectivity index is 1.92. The first-order valence-electron chi connectivity index (χ1n) is 7.59. The van der Waals surface area contributed by atoms with Crippen LogP contribution >= 0.6 is 11.8 Å². The fourth-order valence-corrected chi connectivity index (χ4v) is 4.33. The zero-order valence-corrected chi connectivity index (χ0v) is 13.0. The molecular formula is C16H25FN2S. The summed E-state index contributed by atoms with van der Waals surface area (Å²) in [6, 6.07) is 7.05. The lowest BCUT2D eigenvalue weighted by Gasteiger charge is -2.36. The summed E-state index contributed by atoms with van der Waals surface area (Å²) in [5.41, 5.74) is 3.02. The lowest BCUT2D eigenvalue weighted by molar-refractivity contribution is 0.186. The van der Waals surface area contributed by atoms with E-state index in [9.17, 15) is 4.39 Å². The molecule has 2 rings (SSSR count). The van der Waals surface area contributed by atoms with Crippen LogP contribution in [0.25, 0.3) is 0 Å². The van der Waals surface area contributed by atoms with E-state index in [4.69, 9.17) is 5.84 Å². The number of rotatable bonds is 6. The molecule has 3 atom stereocenters. The summed E-state index contributed by atoms with van der Waals surface area (Å²) in [7, 11) is 0. The van der Waals surface area contributed by atoms with Crippen molar-refractivity contribution in [3.05, 3.63) is 30.1 Å². The first kappa shape index (κ1) is 15.8. The maximum Gasteiger partial charge on any atom is 0.123 e. The van der Waals surface area contributed by atoms with E-state index in [1.165, 1.54) is 44.2 Å². The van der Waals surface area contributed by atoms with Crippen molar-refractivity contribution in [2.24, 2.45) is 17.7 Å². The SMILES string of the molecule is CCC1CCCCC1C(CSc1ccc(F)cc1)NN. The zero-order valence-electron chi connectivity index (χ0n) is 12.1. The third-order valence-corrected chi connectivity index (χ3v) is 5.60. The van der Waals surface area contributed by atoms with Crippen LogP contribution in [-0.4, -0.2) is 11.8 Å². The highest BCUT2D eigenvalue weighted by Crippen LogP contribution is 2.35. The van der Waals surface area contributed by atoms with Crippen LogP contribution in [0.3, 0.4) is 0 Å². The molecule has 0 spiro atoms. The van der Waals surface area contributed by atoms with Crippen molar-refractivity contribution in [3.8, 4) is 0 Å². The number of thioether (sulfide) groups is 1. The normalized spacial score (nSPS) is 24.6. The van der Waals surface area contributed by atoms with Gasteiger partial charge in [-0.15, -0.1) is 11.8 Å². The minimum atomic E-state index is -0.179. The molecule has 1 aromatic rings. The zero-order chi connectivity index (χ0) is 14.4. The van der Waals surface area contributed by atoms with Gasteiger partial charge in [-0.2, -0.15) is 0 Å². The molecule has 1 fully saturated rings. The highest BCUT2D eigenvalue weighted by atomic mass is 32.2. The van der Waals surface area contributed by atoms with E-state index < -0.39 is 0 Å².